The summed E-state index contributed by atoms with van der Waals surface area (Å²) in [5, 5.41) is 4.66. The van der Waals surface area contributed by atoms with Crippen LogP contribution in [0.3, 0.4) is 0 Å². The largest absolute Gasteiger partial charge is 0.270 e. The standard InChI is InChI=1S/C13H23ClN2/c1-6-16-11(9-10(2)15-16)7-8-12(14)13(3,4)5/h9,12H,6-8H2,1-5H3. The van der Waals surface area contributed by atoms with Gasteiger partial charge in [-0.3, -0.25) is 4.68 Å². The zero-order valence-electron chi connectivity index (χ0n) is 11.0. The van der Waals surface area contributed by atoms with Crippen molar-refractivity contribution < 1.29 is 0 Å². The third-order valence-corrected chi connectivity index (χ3v) is 3.75. The van der Waals surface area contributed by atoms with Gasteiger partial charge in [0.25, 0.3) is 0 Å². The Morgan fingerprint density at radius 1 is 1.44 bits per heavy atom. The molecule has 1 aromatic heterocycles. The van der Waals surface area contributed by atoms with Gasteiger partial charge in [0.05, 0.1) is 5.69 Å². The maximum absolute atomic E-state index is 6.38. The first-order chi connectivity index (χ1) is 7.34. The van der Waals surface area contributed by atoms with Crippen molar-refractivity contribution in [3.8, 4) is 0 Å². The molecule has 1 rings (SSSR count). The van der Waals surface area contributed by atoms with Crippen molar-refractivity contribution in [2.45, 2.75) is 59.4 Å². The number of halogens is 1. The molecule has 0 saturated carbocycles. The fourth-order valence-electron chi connectivity index (χ4n) is 1.78. The third kappa shape index (κ3) is 3.51. The van der Waals surface area contributed by atoms with Crippen LogP contribution in [0.5, 0.6) is 0 Å². The van der Waals surface area contributed by atoms with Crippen LogP contribution in [-0.4, -0.2) is 15.2 Å². The molecule has 0 aliphatic rings. The number of alkyl halides is 1. The minimum Gasteiger partial charge on any atom is -0.270 e. The minimum absolute atomic E-state index is 0.174. The van der Waals surface area contributed by atoms with Crippen molar-refractivity contribution >= 4 is 11.6 Å². The molecule has 1 aromatic rings. The lowest BCUT2D eigenvalue weighted by Crippen LogP contribution is -2.21. The van der Waals surface area contributed by atoms with Crippen LogP contribution in [-0.2, 0) is 13.0 Å². The number of hydrogen-bond acceptors (Lipinski definition) is 1. The van der Waals surface area contributed by atoms with Gasteiger partial charge in [0.15, 0.2) is 0 Å². The van der Waals surface area contributed by atoms with Gasteiger partial charge in [-0.25, -0.2) is 0 Å². The second kappa shape index (κ2) is 5.22. The van der Waals surface area contributed by atoms with Gasteiger partial charge in [0.1, 0.15) is 0 Å². The van der Waals surface area contributed by atoms with E-state index in [1.54, 1.807) is 0 Å². The van der Waals surface area contributed by atoms with Gasteiger partial charge in [0, 0.05) is 17.6 Å². The molecular weight excluding hydrogens is 220 g/mol. The molecule has 0 aliphatic heterocycles. The maximum atomic E-state index is 6.38. The zero-order chi connectivity index (χ0) is 12.3. The second-order valence-corrected chi connectivity index (χ2v) is 5.99. The van der Waals surface area contributed by atoms with Crippen LogP contribution in [0.2, 0.25) is 0 Å². The average molecular weight is 243 g/mol. The van der Waals surface area contributed by atoms with Gasteiger partial charge in [-0.2, -0.15) is 5.10 Å². The molecular formula is C13H23ClN2. The summed E-state index contributed by atoms with van der Waals surface area (Å²) < 4.78 is 2.07. The highest BCUT2D eigenvalue weighted by atomic mass is 35.5. The molecule has 0 spiro atoms. The minimum atomic E-state index is 0.174. The first kappa shape index (κ1) is 13.6. The number of nitrogens with zero attached hydrogens (tertiary/aromatic N) is 2. The van der Waals surface area contributed by atoms with Gasteiger partial charge in [0.2, 0.25) is 0 Å². The molecule has 0 aliphatic carbocycles. The molecule has 1 atom stereocenters. The molecule has 0 fully saturated rings. The van der Waals surface area contributed by atoms with Crippen LogP contribution in [0.25, 0.3) is 0 Å². The number of hydrogen-bond donors (Lipinski definition) is 0. The van der Waals surface area contributed by atoms with Crippen molar-refractivity contribution in [2.75, 3.05) is 0 Å². The molecule has 2 nitrogen and oxygen atoms in total. The lowest BCUT2D eigenvalue weighted by molar-refractivity contribution is 0.371. The highest BCUT2D eigenvalue weighted by Gasteiger charge is 2.22. The summed E-state index contributed by atoms with van der Waals surface area (Å²) in [5.74, 6) is 0. The molecule has 3 heteroatoms. The smallest absolute Gasteiger partial charge is 0.0596 e. The molecule has 0 bridgehead atoms. The predicted molar refractivity (Wildman–Crippen MR) is 70.1 cm³/mol. The van der Waals surface area contributed by atoms with Crippen LogP contribution < -0.4 is 0 Å². The molecule has 0 amide bonds. The van der Waals surface area contributed by atoms with Crippen molar-refractivity contribution in [3.05, 3.63) is 17.5 Å². The first-order valence-corrected chi connectivity index (χ1v) is 6.45. The van der Waals surface area contributed by atoms with E-state index in [0.717, 1.165) is 25.1 Å². The van der Waals surface area contributed by atoms with Gasteiger partial charge in [-0.15, -0.1) is 11.6 Å². The van der Waals surface area contributed by atoms with Crippen molar-refractivity contribution in [2.24, 2.45) is 5.41 Å². The third-order valence-electron chi connectivity index (χ3n) is 2.88. The molecule has 92 valence electrons. The summed E-state index contributed by atoms with van der Waals surface area (Å²) in [6.45, 7) is 11.7. The van der Waals surface area contributed by atoms with E-state index >= 15 is 0 Å². The van der Waals surface area contributed by atoms with Crippen LogP contribution >= 0.6 is 11.6 Å². The van der Waals surface area contributed by atoms with Crippen LogP contribution in [0.15, 0.2) is 6.07 Å². The lowest BCUT2D eigenvalue weighted by Gasteiger charge is -2.25. The molecule has 0 aromatic carbocycles. The highest BCUT2D eigenvalue weighted by molar-refractivity contribution is 6.21. The Morgan fingerprint density at radius 2 is 2.06 bits per heavy atom. The summed E-state index contributed by atoms with van der Waals surface area (Å²) in [6.07, 6.45) is 2.02. The summed E-state index contributed by atoms with van der Waals surface area (Å²) in [4.78, 5) is 0. The molecule has 0 radical (unpaired) electrons. The van der Waals surface area contributed by atoms with Crippen molar-refractivity contribution in [1.82, 2.24) is 9.78 Å². The van der Waals surface area contributed by atoms with Crippen LogP contribution in [0.1, 0.15) is 45.5 Å². The average Bonchev–Trinajstić information content (AvgIpc) is 2.53. The van der Waals surface area contributed by atoms with E-state index in [2.05, 4.69) is 43.5 Å². The van der Waals surface area contributed by atoms with Crippen LogP contribution in [0, 0.1) is 12.3 Å². The quantitative estimate of drug-likeness (QED) is 0.735. The Kier molecular flexibility index (Phi) is 4.43. The van der Waals surface area contributed by atoms with E-state index < -0.39 is 0 Å². The monoisotopic (exact) mass is 242 g/mol. The van der Waals surface area contributed by atoms with Gasteiger partial charge < -0.3 is 0 Å². The first-order valence-electron chi connectivity index (χ1n) is 6.02. The van der Waals surface area contributed by atoms with E-state index in [9.17, 15) is 0 Å². The Bertz CT molecular complexity index is 336. The predicted octanol–water partition coefficient (Wildman–Crippen LogP) is 3.80. The van der Waals surface area contributed by atoms with E-state index in [-0.39, 0.29) is 10.8 Å². The topological polar surface area (TPSA) is 17.8 Å². The Hall–Kier alpha value is -0.500. The maximum Gasteiger partial charge on any atom is 0.0596 e. The van der Waals surface area contributed by atoms with E-state index in [4.69, 9.17) is 11.6 Å². The molecule has 1 unspecified atom stereocenters. The fraction of sp³-hybridized carbons (Fsp3) is 0.769. The molecule has 16 heavy (non-hydrogen) atoms. The summed E-state index contributed by atoms with van der Waals surface area (Å²) in [7, 11) is 0. The normalized spacial score (nSPS) is 14.1. The fourth-order valence-corrected chi connectivity index (χ4v) is 1.89. The number of rotatable bonds is 4. The zero-order valence-corrected chi connectivity index (χ0v) is 11.8. The molecule has 1 heterocycles. The number of aryl methyl sites for hydroxylation is 3. The van der Waals surface area contributed by atoms with Gasteiger partial charge in [-0.1, -0.05) is 20.8 Å². The molecule has 0 N–H and O–H groups in total. The van der Waals surface area contributed by atoms with Crippen molar-refractivity contribution in [1.29, 1.82) is 0 Å². The molecule has 0 saturated heterocycles. The van der Waals surface area contributed by atoms with Crippen LogP contribution in [0.4, 0.5) is 0 Å². The number of aromatic nitrogens is 2. The van der Waals surface area contributed by atoms with E-state index in [1.807, 2.05) is 6.92 Å². The Morgan fingerprint density at radius 3 is 2.56 bits per heavy atom. The summed E-state index contributed by atoms with van der Waals surface area (Å²) >= 11 is 6.38. The Labute approximate surface area is 104 Å². The SMILES string of the molecule is CCn1nc(C)cc1CCC(Cl)C(C)(C)C. The van der Waals surface area contributed by atoms with Gasteiger partial charge in [-0.05, 0) is 38.2 Å². The second-order valence-electron chi connectivity index (χ2n) is 5.47. The van der Waals surface area contributed by atoms with E-state index in [1.165, 1.54) is 5.69 Å². The highest BCUT2D eigenvalue weighted by Crippen LogP contribution is 2.28. The Balaban J connectivity index is 2.61. The summed E-state index contributed by atoms with van der Waals surface area (Å²) in [5.41, 5.74) is 2.57. The van der Waals surface area contributed by atoms with E-state index in [0.29, 0.717) is 0 Å². The van der Waals surface area contributed by atoms with Crippen molar-refractivity contribution in [3.63, 3.8) is 0 Å². The lowest BCUT2D eigenvalue weighted by atomic mass is 9.89. The van der Waals surface area contributed by atoms with Gasteiger partial charge >= 0.3 is 0 Å². The summed E-state index contributed by atoms with van der Waals surface area (Å²) in [6, 6.07) is 2.16.